The van der Waals surface area contributed by atoms with E-state index in [0.29, 0.717) is 16.9 Å². The second-order valence-electron chi connectivity index (χ2n) is 6.65. The Kier molecular flexibility index (Phi) is 6.96. The van der Waals surface area contributed by atoms with Gasteiger partial charge in [0.15, 0.2) is 26.6 Å². The van der Waals surface area contributed by atoms with Gasteiger partial charge in [-0.1, -0.05) is 11.6 Å². The molecule has 1 N–H and O–H groups in total. The first-order valence-corrected chi connectivity index (χ1v) is 11.2. The summed E-state index contributed by atoms with van der Waals surface area (Å²) in [6.45, 7) is -1.03. The number of rotatable bonds is 9. The lowest BCUT2D eigenvalue weighted by Gasteiger charge is -2.13. The largest absolute Gasteiger partial charge is 0.488 e. The minimum Gasteiger partial charge on any atom is -0.488 e. The van der Waals surface area contributed by atoms with Gasteiger partial charge in [-0.15, -0.1) is 10.1 Å². The molecule has 10 nitrogen and oxygen atoms in total. The van der Waals surface area contributed by atoms with Gasteiger partial charge in [-0.2, -0.15) is 0 Å². The van der Waals surface area contributed by atoms with Crippen LogP contribution in [0.25, 0.3) is 16.9 Å². The number of ether oxygens (including phenoxy) is 1. The van der Waals surface area contributed by atoms with Gasteiger partial charge in [-0.25, -0.2) is 17.8 Å². The Morgan fingerprint density at radius 2 is 1.94 bits per heavy atom. The van der Waals surface area contributed by atoms with Crippen molar-refractivity contribution in [1.29, 1.82) is 0 Å². The highest BCUT2D eigenvalue weighted by atomic mass is 35.5. The van der Waals surface area contributed by atoms with Crippen molar-refractivity contribution in [2.24, 2.45) is 0 Å². The Labute approximate surface area is 186 Å². The predicted octanol–water partition coefficient (Wildman–Crippen LogP) is 2.68. The molecule has 1 aromatic heterocycles. The molecular formula is C19H17ClFN3O7S. The molecule has 0 saturated carbocycles. The van der Waals surface area contributed by atoms with Crippen LogP contribution in [0.4, 0.5) is 4.39 Å². The van der Waals surface area contributed by atoms with E-state index in [0.717, 1.165) is 12.3 Å². The number of hydrogen-bond acceptors (Lipinski definition) is 8. The molecule has 0 aliphatic carbocycles. The standard InChI is InChI=1S/C19H17ClFN3O7S/c1-32(28,29)15-5-3-13(4-6-15)23-11-22-19(20)18(23)12-2-7-17(16(21)8-12)30-9-14(25)10-31-24(26)27/h2-8,11,14,25H,9-10H2,1H3. The molecule has 0 spiro atoms. The summed E-state index contributed by atoms with van der Waals surface area (Å²) < 4.78 is 44.6. The minimum absolute atomic E-state index is 0.0950. The zero-order valence-electron chi connectivity index (χ0n) is 16.5. The monoisotopic (exact) mass is 485 g/mol. The predicted molar refractivity (Wildman–Crippen MR) is 112 cm³/mol. The zero-order valence-corrected chi connectivity index (χ0v) is 18.1. The van der Waals surface area contributed by atoms with E-state index in [1.54, 1.807) is 16.7 Å². The third kappa shape index (κ3) is 5.52. The third-order valence-electron chi connectivity index (χ3n) is 4.27. The van der Waals surface area contributed by atoms with Crippen molar-refractivity contribution in [1.82, 2.24) is 9.55 Å². The van der Waals surface area contributed by atoms with Gasteiger partial charge < -0.3 is 14.7 Å². The molecule has 170 valence electrons. The number of aliphatic hydroxyl groups excluding tert-OH is 1. The Balaban J connectivity index is 1.83. The van der Waals surface area contributed by atoms with Crippen LogP contribution in [-0.4, -0.2) is 53.7 Å². The fourth-order valence-electron chi connectivity index (χ4n) is 2.78. The van der Waals surface area contributed by atoms with Crippen LogP contribution in [0.15, 0.2) is 53.7 Å². The maximum Gasteiger partial charge on any atom is 0.294 e. The lowest BCUT2D eigenvalue weighted by molar-refractivity contribution is -0.759. The van der Waals surface area contributed by atoms with Crippen molar-refractivity contribution in [2.45, 2.75) is 11.0 Å². The Bertz CT molecular complexity index is 1230. The number of benzene rings is 2. The van der Waals surface area contributed by atoms with Crippen molar-refractivity contribution in [3.63, 3.8) is 0 Å². The van der Waals surface area contributed by atoms with Gasteiger partial charge in [-0.3, -0.25) is 4.57 Å². The van der Waals surface area contributed by atoms with Gasteiger partial charge in [0, 0.05) is 17.5 Å². The van der Waals surface area contributed by atoms with Crippen LogP contribution in [0, 0.1) is 15.9 Å². The number of halogens is 2. The number of hydrogen-bond donors (Lipinski definition) is 1. The third-order valence-corrected chi connectivity index (χ3v) is 5.68. The number of aromatic nitrogens is 2. The maximum absolute atomic E-state index is 14.6. The molecule has 0 aliphatic rings. The summed E-state index contributed by atoms with van der Waals surface area (Å²) in [5.41, 5.74) is 1.28. The molecule has 0 fully saturated rings. The molecule has 1 unspecified atom stereocenters. The molecule has 0 amide bonds. The topological polar surface area (TPSA) is 134 Å². The van der Waals surface area contributed by atoms with Crippen molar-refractivity contribution < 1.29 is 32.6 Å². The van der Waals surface area contributed by atoms with Crippen molar-refractivity contribution >= 4 is 21.4 Å². The quantitative estimate of drug-likeness (QED) is 0.361. The summed E-state index contributed by atoms with van der Waals surface area (Å²) in [5, 5.41) is 18.7. The second kappa shape index (κ2) is 9.51. The van der Waals surface area contributed by atoms with E-state index < -0.39 is 40.1 Å². The zero-order chi connectivity index (χ0) is 23.5. The molecule has 0 saturated heterocycles. The highest BCUT2D eigenvalue weighted by molar-refractivity contribution is 7.90. The molecule has 1 atom stereocenters. The Morgan fingerprint density at radius 3 is 2.53 bits per heavy atom. The van der Waals surface area contributed by atoms with E-state index >= 15 is 0 Å². The molecule has 13 heteroatoms. The molecule has 1 heterocycles. The van der Waals surface area contributed by atoms with Crippen LogP contribution in [-0.2, 0) is 14.7 Å². The van der Waals surface area contributed by atoms with E-state index in [1.807, 2.05) is 0 Å². The van der Waals surface area contributed by atoms with E-state index in [1.165, 1.54) is 30.6 Å². The Hall–Kier alpha value is -3.22. The van der Waals surface area contributed by atoms with E-state index in [4.69, 9.17) is 16.3 Å². The summed E-state index contributed by atoms with van der Waals surface area (Å²) >= 11 is 6.20. The van der Waals surface area contributed by atoms with Gasteiger partial charge in [0.2, 0.25) is 0 Å². The van der Waals surface area contributed by atoms with E-state index in [2.05, 4.69) is 9.82 Å². The van der Waals surface area contributed by atoms with Crippen LogP contribution in [0.1, 0.15) is 0 Å². The summed E-state index contributed by atoms with van der Waals surface area (Å²) in [5.74, 6) is -0.949. The fraction of sp³-hybridized carbons (Fsp3) is 0.211. The highest BCUT2D eigenvalue weighted by Gasteiger charge is 2.17. The lowest BCUT2D eigenvalue weighted by Crippen LogP contribution is -2.25. The van der Waals surface area contributed by atoms with Gasteiger partial charge in [0.25, 0.3) is 5.09 Å². The van der Waals surface area contributed by atoms with Crippen LogP contribution in [0.3, 0.4) is 0 Å². The van der Waals surface area contributed by atoms with Crippen molar-refractivity contribution in [3.05, 3.63) is 69.9 Å². The first-order valence-electron chi connectivity index (χ1n) is 8.97. The van der Waals surface area contributed by atoms with Gasteiger partial charge in [-0.05, 0) is 42.5 Å². The molecule has 32 heavy (non-hydrogen) atoms. The molecule has 3 rings (SSSR count). The van der Waals surface area contributed by atoms with Gasteiger partial charge in [0.1, 0.15) is 25.6 Å². The van der Waals surface area contributed by atoms with Gasteiger partial charge in [0.05, 0.1) is 10.6 Å². The lowest BCUT2D eigenvalue weighted by atomic mass is 10.1. The normalized spacial score (nSPS) is 12.4. The number of nitrogens with zero attached hydrogens (tertiary/aromatic N) is 3. The summed E-state index contributed by atoms with van der Waals surface area (Å²) in [6, 6.07) is 10.00. The van der Waals surface area contributed by atoms with Crippen LogP contribution < -0.4 is 4.74 Å². The maximum atomic E-state index is 14.6. The molecule has 0 bridgehead atoms. The number of sulfone groups is 1. The summed E-state index contributed by atoms with van der Waals surface area (Å²) in [4.78, 5) is 18.3. The number of imidazole rings is 1. The highest BCUT2D eigenvalue weighted by Crippen LogP contribution is 2.32. The number of aliphatic hydroxyl groups is 1. The average Bonchev–Trinajstić information content (AvgIpc) is 3.12. The first-order chi connectivity index (χ1) is 15.1. The molecule has 3 aromatic rings. The van der Waals surface area contributed by atoms with Crippen molar-refractivity contribution in [3.8, 4) is 22.7 Å². The van der Waals surface area contributed by atoms with Crippen LogP contribution >= 0.6 is 11.6 Å². The molecule has 2 aromatic carbocycles. The SMILES string of the molecule is CS(=O)(=O)c1ccc(-n2cnc(Cl)c2-c2ccc(OCC(O)CO[N+](=O)[O-])c(F)c2)cc1. The van der Waals surface area contributed by atoms with Crippen LogP contribution in [0.2, 0.25) is 5.15 Å². The Morgan fingerprint density at radius 1 is 1.25 bits per heavy atom. The average molecular weight is 486 g/mol. The summed E-state index contributed by atoms with van der Waals surface area (Å²) in [7, 11) is -3.36. The van der Waals surface area contributed by atoms with E-state index in [-0.39, 0.29) is 15.8 Å². The van der Waals surface area contributed by atoms with E-state index in [9.17, 15) is 28.0 Å². The molecular weight excluding hydrogens is 469 g/mol. The van der Waals surface area contributed by atoms with Crippen LogP contribution in [0.5, 0.6) is 5.75 Å². The minimum atomic E-state index is -3.36. The molecule has 0 radical (unpaired) electrons. The summed E-state index contributed by atoms with van der Waals surface area (Å²) in [6.07, 6.45) is 1.19. The first kappa shape index (κ1) is 23.4. The van der Waals surface area contributed by atoms with Crippen molar-refractivity contribution in [2.75, 3.05) is 19.5 Å². The van der Waals surface area contributed by atoms with Gasteiger partial charge >= 0.3 is 0 Å². The fourth-order valence-corrected chi connectivity index (χ4v) is 3.66. The second-order valence-corrected chi connectivity index (χ2v) is 9.02. The smallest absolute Gasteiger partial charge is 0.294 e. The molecule has 0 aliphatic heterocycles.